The number of ether oxygens (including phenoxy) is 3. The minimum absolute atomic E-state index is 0.0487. The van der Waals surface area contributed by atoms with E-state index in [0.29, 0.717) is 22.8 Å². The summed E-state index contributed by atoms with van der Waals surface area (Å²) in [5.74, 6) is 1.16. The van der Waals surface area contributed by atoms with E-state index in [1.807, 2.05) is 54.6 Å². The van der Waals surface area contributed by atoms with Crippen LogP contribution in [0.25, 0.3) is 0 Å². The Morgan fingerprint density at radius 3 is 2.14 bits per heavy atom. The summed E-state index contributed by atoms with van der Waals surface area (Å²) in [6.45, 7) is 0.0793. The second kappa shape index (κ2) is 13.2. The number of nitrogens with one attached hydrogen (secondary N) is 1. The Balaban J connectivity index is 1.99. The van der Waals surface area contributed by atoms with E-state index in [4.69, 9.17) is 14.2 Å². The fraction of sp³-hybridized carbons (Fsp3) is 0.286. The zero-order chi connectivity index (χ0) is 25.9. The molecule has 3 rings (SSSR count). The van der Waals surface area contributed by atoms with E-state index in [0.717, 1.165) is 11.1 Å². The fourth-order valence-corrected chi connectivity index (χ4v) is 3.90. The van der Waals surface area contributed by atoms with Crippen LogP contribution in [-0.4, -0.2) is 56.3 Å². The van der Waals surface area contributed by atoms with Crippen molar-refractivity contribution >= 4 is 11.8 Å². The minimum Gasteiger partial charge on any atom is -0.497 e. The molecule has 0 heterocycles. The third-order valence-corrected chi connectivity index (χ3v) is 5.72. The number of hydrogen-bond acceptors (Lipinski definition) is 6. The van der Waals surface area contributed by atoms with Crippen LogP contribution in [0.3, 0.4) is 0 Å². The SMILES string of the molecule is COc1ccc(CN(C(=O)Cc2ccc(OC)c(OC)c2)[C@@H](C(=O)NCCO)c2ccccc2)cc1. The van der Waals surface area contributed by atoms with Gasteiger partial charge in [0, 0.05) is 13.1 Å². The lowest BCUT2D eigenvalue weighted by atomic mass is 10.0. The summed E-state index contributed by atoms with van der Waals surface area (Å²) in [5.41, 5.74) is 2.23. The lowest BCUT2D eigenvalue weighted by Gasteiger charge is -2.32. The Morgan fingerprint density at radius 1 is 0.861 bits per heavy atom. The van der Waals surface area contributed by atoms with Crippen LogP contribution < -0.4 is 19.5 Å². The van der Waals surface area contributed by atoms with Crippen molar-refractivity contribution in [3.05, 3.63) is 89.5 Å². The molecule has 0 saturated heterocycles. The van der Waals surface area contributed by atoms with E-state index >= 15 is 0 Å². The van der Waals surface area contributed by atoms with Crippen molar-refractivity contribution in [3.63, 3.8) is 0 Å². The van der Waals surface area contributed by atoms with Gasteiger partial charge in [-0.25, -0.2) is 0 Å². The second-order valence-electron chi connectivity index (χ2n) is 8.06. The molecule has 0 aliphatic heterocycles. The van der Waals surface area contributed by atoms with Crippen molar-refractivity contribution in [1.29, 1.82) is 0 Å². The maximum Gasteiger partial charge on any atom is 0.247 e. The van der Waals surface area contributed by atoms with Crippen LogP contribution in [0, 0.1) is 0 Å². The highest BCUT2D eigenvalue weighted by molar-refractivity contribution is 5.89. The molecule has 8 nitrogen and oxygen atoms in total. The van der Waals surface area contributed by atoms with Gasteiger partial charge in [0.1, 0.15) is 11.8 Å². The molecule has 0 bridgehead atoms. The van der Waals surface area contributed by atoms with Crippen molar-refractivity contribution in [2.75, 3.05) is 34.5 Å². The number of amides is 2. The van der Waals surface area contributed by atoms with E-state index < -0.39 is 6.04 Å². The Morgan fingerprint density at radius 2 is 1.53 bits per heavy atom. The first-order valence-electron chi connectivity index (χ1n) is 11.6. The summed E-state index contributed by atoms with van der Waals surface area (Å²) in [5, 5.41) is 12.0. The molecule has 2 amide bonds. The number of carbonyl (C=O) groups is 2. The number of nitrogens with zero attached hydrogens (tertiary/aromatic N) is 1. The number of rotatable bonds is 12. The van der Waals surface area contributed by atoms with Crippen LogP contribution in [0.2, 0.25) is 0 Å². The van der Waals surface area contributed by atoms with Gasteiger partial charge in [0.2, 0.25) is 11.8 Å². The van der Waals surface area contributed by atoms with Gasteiger partial charge in [0.25, 0.3) is 0 Å². The lowest BCUT2D eigenvalue weighted by Crippen LogP contribution is -2.44. The zero-order valence-corrected chi connectivity index (χ0v) is 20.8. The van der Waals surface area contributed by atoms with Gasteiger partial charge in [-0.15, -0.1) is 0 Å². The number of hydrogen-bond donors (Lipinski definition) is 2. The molecule has 190 valence electrons. The molecule has 0 saturated carbocycles. The quantitative estimate of drug-likeness (QED) is 0.403. The number of aliphatic hydroxyl groups is 1. The average molecular weight is 493 g/mol. The van der Waals surface area contributed by atoms with Gasteiger partial charge in [0.05, 0.1) is 34.4 Å². The predicted octanol–water partition coefficient (Wildman–Crippen LogP) is 3.13. The first-order valence-corrected chi connectivity index (χ1v) is 11.6. The Bertz CT molecular complexity index is 1130. The Hall–Kier alpha value is -4.04. The molecular formula is C28H32N2O6. The number of benzene rings is 3. The Labute approximate surface area is 211 Å². The third-order valence-electron chi connectivity index (χ3n) is 5.72. The maximum absolute atomic E-state index is 13.8. The molecular weight excluding hydrogens is 460 g/mol. The van der Waals surface area contributed by atoms with Gasteiger partial charge in [-0.05, 0) is 41.0 Å². The highest BCUT2D eigenvalue weighted by Gasteiger charge is 2.31. The van der Waals surface area contributed by atoms with Crippen LogP contribution in [0.5, 0.6) is 17.2 Å². The minimum atomic E-state index is -0.896. The molecule has 0 aliphatic rings. The first kappa shape index (κ1) is 26.6. The fourth-order valence-electron chi connectivity index (χ4n) is 3.90. The van der Waals surface area contributed by atoms with Gasteiger partial charge in [-0.3, -0.25) is 9.59 Å². The van der Waals surface area contributed by atoms with Crippen molar-refractivity contribution in [2.24, 2.45) is 0 Å². The summed E-state index contributed by atoms with van der Waals surface area (Å²) >= 11 is 0. The standard InChI is InChI=1S/C28H32N2O6/c1-34-23-12-9-20(10-13-23)19-30(26(32)18-21-11-14-24(35-2)25(17-21)36-3)27(28(33)29-15-16-31)22-7-5-4-6-8-22/h4-14,17,27,31H,15-16,18-19H2,1-3H3,(H,29,33)/t27-/m1/s1. The van der Waals surface area contributed by atoms with Gasteiger partial charge in [-0.1, -0.05) is 48.5 Å². The van der Waals surface area contributed by atoms with E-state index in [1.54, 1.807) is 37.3 Å². The van der Waals surface area contributed by atoms with E-state index in [-0.39, 0.29) is 37.9 Å². The molecule has 0 aliphatic carbocycles. The van der Waals surface area contributed by atoms with E-state index in [2.05, 4.69) is 5.32 Å². The van der Waals surface area contributed by atoms with Crippen LogP contribution in [-0.2, 0) is 22.6 Å². The third kappa shape index (κ3) is 6.76. The summed E-state index contributed by atoms with van der Waals surface area (Å²) in [4.78, 5) is 28.6. The molecule has 0 spiro atoms. The number of aliphatic hydroxyl groups excluding tert-OH is 1. The van der Waals surface area contributed by atoms with Crippen LogP contribution in [0.4, 0.5) is 0 Å². The van der Waals surface area contributed by atoms with Crippen molar-refractivity contribution in [3.8, 4) is 17.2 Å². The number of carbonyl (C=O) groups excluding carboxylic acids is 2. The molecule has 0 fully saturated rings. The molecule has 0 aromatic heterocycles. The van der Waals surface area contributed by atoms with Gasteiger partial charge in [-0.2, -0.15) is 0 Å². The topological polar surface area (TPSA) is 97.3 Å². The van der Waals surface area contributed by atoms with Gasteiger partial charge < -0.3 is 29.5 Å². The van der Waals surface area contributed by atoms with Crippen LogP contribution in [0.15, 0.2) is 72.8 Å². The predicted molar refractivity (Wildman–Crippen MR) is 136 cm³/mol. The van der Waals surface area contributed by atoms with Gasteiger partial charge in [0.15, 0.2) is 11.5 Å². The molecule has 8 heteroatoms. The van der Waals surface area contributed by atoms with Crippen LogP contribution >= 0.6 is 0 Å². The summed E-state index contributed by atoms with van der Waals surface area (Å²) < 4.78 is 15.9. The molecule has 36 heavy (non-hydrogen) atoms. The summed E-state index contributed by atoms with van der Waals surface area (Å²) in [7, 11) is 4.68. The summed E-state index contributed by atoms with van der Waals surface area (Å²) in [6, 6.07) is 20.9. The molecule has 3 aromatic carbocycles. The zero-order valence-electron chi connectivity index (χ0n) is 20.8. The molecule has 2 N–H and O–H groups in total. The maximum atomic E-state index is 13.8. The van der Waals surface area contributed by atoms with Crippen molar-refractivity contribution < 1.29 is 28.9 Å². The summed E-state index contributed by atoms with van der Waals surface area (Å²) in [6.07, 6.45) is 0.0487. The molecule has 1 atom stereocenters. The highest BCUT2D eigenvalue weighted by atomic mass is 16.5. The second-order valence-corrected chi connectivity index (χ2v) is 8.06. The van der Waals surface area contributed by atoms with Crippen molar-refractivity contribution in [1.82, 2.24) is 10.2 Å². The molecule has 0 unspecified atom stereocenters. The van der Waals surface area contributed by atoms with Crippen molar-refractivity contribution in [2.45, 2.75) is 19.0 Å². The first-order chi connectivity index (χ1) is 17.5. The number of methoxy groups -OCH3 is 3. The smallest absolute Gasteiger partial charge is 0.247 e. The lowest BCUT2D eigenvalue weighted by molar-refractivity contribution is -0.141. The van der Waals surface area contributed by atoms with E-state index in [1.165, 1.54) is 7.11 Å². The Kier molecular flexibility index (Phi) is 9.71. The van der Waals surface area contributed by atoms with Crippen LogP contribution in [0.1, 0.15) is 22.7 Å². The van der Waals surface area contributed by atoms with Gasteiger partial charge >= 0.3 is 0 Å². The molecule has 3 aromatic rings. The monoisotopic (exact) mass is 492 g/mol. The molecule has 0 radical (unpaired) electrons. The average Bonchev–Trinajstić information content (AvgIpc) is 2.92. The van der Waals surface area contributed by atoms with E-state index in [9.17, 15) is 14.7 Å². The largest absolute Gasteiger partial charge is 0.497 e. The highest BCUT2D eigenvalue weighted by Crippen LogP contribution is 2.29. The normalized spacial score (nSPS) is 11.3.